The molecule has 0 bridgehead atoms. The molecule has 1 heterocycles. The molecule has 60 valence electrons. The van der Waals surface area contributed by atoms with Crippen molar-refractivity contribution in [3.63, 3.8) is 0 Å². The van der Waals surface area contributed by atoms with Crippen LogP contribution in [0.15, 0.2) is 27.8 Å². The van der Waals surface area contributed by atoms with Crippen LogP contribution in [0, 0.1) is 0 Å². The third-order valence-electron chi connectivity index (χ3n) is 1.17. The van der Waals surface area contributed by atoms with Crippen LogP contribution in [-0.4, -0.2) is 11.9 Å². The van der Waals surface area contributed by atoms with E-state index in [1.807, 2.05) is 13.8 Å². The molecule has 0 saturated carbocycles. The highest BCUT2D eigenvalue weighted by molar-refractivity contribution is 5.94. The SMILES string of the molecule is CC(C)N=C(N)c1ccco1. The molecule has 0 unspecified atom stereocenters. The van der Waals surface area contributed by atoms with Crippen LogP contribution >= 0.6 is 0 Å². The number of nitrogens with zero attached hydrogens (tertiary/aromatic N) is 1. The van der Waals surface area contributed by atoms with Gasteiger partial charge in [0.05, 0.1) is 6.26 Å². The van der Waals surface area contributed by atoms with E-state index in [4.69, 9.17) is 10.2 Å². The summed E-state index contributed by atoms with van der Waals surface area (Å²) < 4.78 is 5.04. The first-order valence-corrected chi connectivity index (χ1v) is 3.57. The Balaban J connectivity index is 2.77. The molecule has 3 heteroatoms. The van der Waals surface area contributed by atoms with E-state index in [2.05, 4.69) is 4.99 Å². The van der Waals surface area contributed by atoms with Crippen molar-refractivity contribution in [2.75, 3.05) is 0 Å². The van der Waals surface area contributed by atoms with Crippen molar-refractivity contribution in [1.82, 2.24) is 0 Å². The summed E-state index contributed by atoms with van der Waals surface area (Å²) in [6.07, 6.45) is 1.58. The summed E-state index contributed by atoms with van der Waals surface area (Å²) in [4.78, 5) is 4.12. The van der Waals surface area contributed by atoms with Gasteiger partial charge < -0.3 is 10.2 Å². The highest BCUT2D eigenvalue weighted by Gasteiger charge is 2.00. The average molecular weight is 152 g/mol. The second-order valence-corrected chi connectivity index (χ2v) is 2.59. The number of hydrogen-bond acceptors (Lipinski definition) is 2. The lowest BCUT2D eigenvalue weighted by atomic mass is 10.4. The van der Waals surface area contributed by atoms with Crippen LogP contribution in [0.5, 0.6) is 0 Å². The van der Waals surface area contributed by atoms with Gasteiger partial charge in [0, 0.05) is 6.04 Å². The fraction of sp³-hybridized carbons (Fsp3) is 0.375. The summed E-state index contributed by atoms with van der Waals surface area (Å²) in [6, 6.07) is 3.79. The molecule has 0 fully saturated rings. The molecule has 0 aliphatic carbocycles. The van der Waals surface area contributed by atoms with E-state index in [1.54, 1.807) is 18.4 Å². The number of amidine groups is 1. The third-order valence-corrected chi connectivity index (χ3v) is 1.17. The van der Waals surface area contributed by atoms with Crippen LogP contribution in [0.1, 0.15) is 19.6 Å². The van der Waals surface area contributed by atoms with Gasteiger partial charge in [0.25, 0.3) is 0 Å². The summed E-state index contributed by atoms with van der Waals surface area (Å²) in [5, 5.41) is 0. The van der Waals surface area contributed by atoms with Crippen LogP contribution in [0.4, 0.5) is 0 Å². The Morgan fingerprint density at radius 3 is 2.82 bits per heavy atom. The molecule has 1 aromatic heterocycles. The van der Waals surface area contributed by atoms with Gasteiger partial charge in [-0.05, 0) is 26.0 Å². The number of aliphatic imine (C=N–C) groups is 1. The highest BCUT2D eigenvalue weighted by Crippen LogP contribution is 2.00. The zero-order valence-corrected chi connectivity index (χ0v) is 6.74. The first-order valence-electron chi connectivity index (χ1n) is 3.57. The zero-order chi connectivity index (χ0) is 8.27. The molecule has 0 spiro atoms. The molecule has 2 N–H and O–H groups in total. The average Bonchev–Trinajstić information content (AvgIpc) is 2.35. The Morgan fingerprint density at radius 2 is 2.36 bits per heavy atom. The van der Waals surface area contributed by atoms with E-state index in [0.717, 1.165) is 0 Å². The summed E-state index contributed by atoms with van der Waals surface area (Å²) in [5.41, 5.74) is 5.60. The van der Waals surface area contributed by atoms with Gasteiger partial charge in [-0.3, -0.25) is 4.99 Å². The molecule has 1 rings (SSSR count). The number of hydrogen-bond donors (Lipinski definition) is 1. The summed E-state index contributed by atoms with van der Waals surface area (Å²) >= 11 is 0. The van der Waals surface area contributed by atoms with Crippen molar-refractivity contribution in [2.24, 2.45) is 10.7 Å². The van der Waals surface area contributed by atoms with Crippen molar-refractivity contribution >= 4 is 5.84 Å². The molecular weight excluding hydrogens is 140 g/mol. The molecule has 3 nitrogen and oxygen atoms in total. The molecule has 0 aromatic carbocycles. The second-order valence-electron chi connectivity index (χ2n) is 2.59. The largest absolute Gasteiger partial charge is 0.461 e. The van der Waals surface area contributed by atoms with Crippen molar-refractivity contribution in [1.29, 1.82) is 0 Å². The molecule has 11 heavy (non-hydrogen) atoms. The number of nitrogens with two attached hydrogens (primary N) is 1. The van der Waals surface area contributed by atoms with Gasteiger partial charge in [0.1, 0.15) is 0 Å². The monoisotopic (exact) mass is 152 g/mol. The summed E-state index contributed by atoms with van der Waals surface area (Å²) in [7, 11) is 0. The molecule has 0 aliphatic rings. The van der Waals surface area contributed by atoms with Gasteiger partial charge >= 0.3 is 0 Å². The van der Waals surface area contributed by atoms with Gasteiger partial charge in [-0.2, -0.15) is 0 Å². The Kier molecular flexibility index (Phi) is 2.31. The third kappa shape index (κ3) is 2.11. The quantitative estimate of drug-likeness (QED) is 0.514. The normalized spacial score (nSPS) is 12.5. The van der Waals surface area contributed by atoms with E-state index in [-0.39, 0.29) is 6.04 Å². The van der Waals surface area contributed by atoms with Crippen LogP contribution in [-0.2, 0) is 0 Å². The van der Waals surface area contributed by atoms with Crippen LogP contribution in [0.3, 0.4) is 0 Å². The van der Waals surface area contributed by atoms with Crippen LogP contribution < -0.4 is 5.73 Å². The predicted octanol–water partition coefficient (Wildman–Crippen LogP) is 1.39. The highest BCUT2D eigenvalue weighted by atomic mass is 16.3. The maximum Gasteiger partial charge on any atom is 0.168 e. The lowest BCUT2D eigenvalue weighted by Crippen LogP contribution is -2.14. The van der Waals surface area contributed by atoms with Crippen molar-refractivity contribution in [3.05, 3.63) is 24.2 Å². The number of rotatable bonds is 2. The van der Waals surface area contributed by atoms with Gasteiger partial charge in [-0.25, -0.2) is 0 Å². The summed E-state index contributed by atoms with van der Waals surface area (Å²) in [6.45, 7) is 3.94. The van der Waals surface area contributed by atoms with Crippen molar-refractivity contribution in [2.45, 2.75) is 19.9 Å². The van der Waals surface area contributed by atoms with E-state index >= 15 is 0 Å². The lowest BCUT2D eigenvalue weighted by Gasteiger charge is -1.98. The van der Waals surface area contributed by atoms with Gasteiger partial charge in [-0.1, -0.05) is 0 Å². The molecular formula is C8H12N2O. The van der Waals surface area contributed by atoms with E-state index in [0.29, 0.717) is 11.6 Å². The standard InChI is InChI=1S/C8H12N2O/c1-6(2)10-8(9)7-4-3-5-11-7/h3-6H,1-2H3,(H2,9,10). The van der Waals surface area contributed by atoms with Gasteiger partial charge in [0.15, 0.2) is 11.6 Å². The van der Waals surface area contributed by atoms with E-state index < -0.39 is 0 Å². The molecule has 1 aromatic rings. The maximum absolute atomic E-state index is 5.60. The lowest BCUT2D eigenvalue weighted by molar-refractivity contribution is 0.555. The summed E-state index contributed by atoms with van der Waals surface area (Å²) in [5.74, 6) is 1.10. The second kappa shape index (κ2) is 3.23. The van der Waals surface area contributed by atoms with Gasteiger partial charge in [-0.15, -0.1) is 0 Å². The van der Waals surface area contributed by atoms with Crippen molar-refractivity contribution in [3.8, 4) is 0 Å². The maximum atomic E-state index is 5.60. The molecule has 0 aliphatic heterocycles. The minimum Gasteiger partial charge on any atom is -0.461 e. The molecule has 0 saturated heterocycles. The minimum atomic E-state index is 0.208. The Morgan fingerprint density at radius 1 is 1.64 bits per heavy atom. The van der Waals surface area contributed by atoms with Crippen molar-refractivity contribution < 1.29 is 4.42 Å². The van der Waals surface area contributed by atoms with Gasteiger partial charge in [0.2, 0.25) is 0 Å². The topological polar surface area (TPSA) is 51.5 Å². The predicted molar refractivity (Wildman–Crippen MR) is 44.6 cm³/mol. The fourth-order valence-electron chi connectivity index (χ4n) is 0.766. The Bertz CT molecular complexity index is 237. The van der Waals surface area contributed by atoms with Crippen LogP contribution in [0.25, 0.3) is 0 Å². The molecule has 0 radical (unpaired) electrons. The fourth-order valence-corrected chi connectivity index (χ4v) is 0.766. The zero-order valence-electron chi connectivity index (χ0n) is 6.74. The first-order chi connectivity index (χ1) is 5.20. The molecule has 0 amide bonds. The minimum absolute atomic E-state index is 0.208. The van der Waals surface area contributed by atoms with E-state index in [9.17, 15) is 0 Å². The first kappa shape index (κ1) is 7.85. The Hall–Kier alpha value is -1.25. The Labute approximate surface area is 65.9 Å². The van der Waals surface area contributed by atoms with Crippen LogP contribution in [0.2, 0.25) is 0 Å². The smallest absolute Gasteiger partial charge is 0.168 e. The van der Waals surface area contributed by atoms with E-state index in [1.165, 1.54) is 0 Å². The molecule has 0 atom stereocenters. The number of furan rings is 1.